The molecule has 1 fully saturated rings. The molecule has 0 radical (unpaired) electrons. The summed E-state index contributed by atoms with van der Waals surface area (Å²) in [5.74, 6) is -0.0252. The second-order valence-electron chi connectivity index (χ2n) is 6.55. The summed E-state index contributed by atoms with van der Waals surface area (Å²) in [4.78, 5) is 27.1. The second-order valence-corrected chi connectivity index (χ2v) is 6.55. The smallest absolute Gasteiger partial charge is 0.282 e. The van der Waals surface area contributed by atoms with Crippen molar-refractivity contribution < 1.29 is 14.5 Å². The van der Waals surface area contributed by atoms with Gasteiger partial charge in [-0.1, -0.05) is 18.2 Å². The first kappa shape index (κ1) is 15.0. The Balaban J connectivity index is 1.62. The number of amides is 2. The number of benzene rings is 1. The molecule has 0 aliphatic carbocycles. The lowest BCUT2D eigenvalue weighted by molar-refractivity contribution is -0.897. The Kier molecular flexibility index (Phi) is 4.16. The quantitative estimate of drug-likeness (QED) is 0.808. The number of primary amides is 1. The Morgan fingerprint density at radius 1 is 1.27 bits per heavy atom. The molecule has 0 saturated carbocycles. The Labute approximate surface area is 131 Å². The van der Waals surface area contributed by atoms with E-state index in [2.05, 4.69) is 13.0 Å². The molecule has 0 bridgehead atoms. The molecule has 3 N–H and O–H groups in total. The lowest BCUT2D eigenvalue weighted by atomic mass is 9.96. The van der Waals surface area contributed by atoms with Crippen LogP contribution in [0.3, 0.4) is 0 Å². The first-order valence-electron chi connectivity index (χ1n) is 8.09. The maximum atomic E-state index is 12.7. The number of piperidine rings is 1. The molecular weight excluding hydrogens is 278 g/mol. The van der Waals surface area contributed by atoms with Gasteiger partial charge in [-0.3, -0.25) is 9.59 Å². The molecule has 3 rings (SSSR count). The van der Waals surface area contributed by atoms with E-state index in [1.165, 1.54) is 10.5 Å². The van der Waals surface area contributed by atoms with Gasteiger partial charge in [0.15, 0.2) is 6.54 Å². The summed E-state index contributed by atoms with van der Waals surface area (Å²) in [6, 6.07) is 8.38. The van der Waals surface area contributed by atoms with E-state index in [1.54, 1.807) is 0 Å². The highest BCUT2D eigenvalue weighted by atomic mass is 16.2. The summed E-state index contributed by atoms with van der Waals surface area (Å²) in [5, 5.41) is 0. The van der Waals surface area contributed by atoms with E-state index in [4.69, 9.17) is 5.73 Å². The van der Waals surface area contributed by atoms with Crippen molar-refractivity contribution in [3.05, 3.63) is 29.8 Å². The summed E-state index contributed by atoms with van der Waals surface area (Å²) >= 11 is 0. The van der Waals surface area contributed by atoms with Gasteiger partial charge in [0.2, 0.25) is 5.91 Å². The minimum absolute atomic E-state index is 0.00899. The molecule has 2 aliphatic heterocycles. The van der Waals surface area contributed by atoms with Crippen molar-refractivity contribution in [3.63, 3.8) is 0 Å². The molecule has 1 saturated heterocycles. The number of carbonyl (C=O) groups is 2. The molecule has 1 aromatic carbocycles. The molecule has 5 heteroatoms. The lowest BCUT2D eigenvalue weighted by Crippen LogP contribution is -3.14. The standard InChI is InChI=1S/C17H23N3O2/c1-12-10-14-4-2-3-5-15(14)20(12)16(21)11-19-8-6-13(7-9-19)17(18)22/h2-5,12-13H,6-11H2,1H3,(H2,18,22)/p+1/t12-/m0/s1. The number of nitrogens with zero attached hydrogens (tertiary/aromatic N) is 1. The van der Waals surface area contributed by atoms with E-state index >= 15 is 0 Å². The van der Waals surface area contributed by atoms with Gasteiger partial charge in [0.05, 0.1) is 13.1 Å². The van der Waals surface area contributed by atoms with Gasteiger partial charge in [-0.05, 0) is 25.0 Å². The van der Waals surface area contributed by atoms with Crippen molar-refractivity contribution in [1.82, 2.24) is 0 Å². The molecule has 2 aliphatic rings. The molecule has 22 heavy (non-hydrogen) atoms. The molecule has 1 aromatic rings. The van der Waals surface area contributed by atoms with Crippen molar-refractivity contribution in [1.29, 1.82) is 0 Å². The molecule has 5 nitrogen and oxygen atoms in total. The Morgan fingerprint density at radius 2 is 1.95 bits per heavy atom. The Bertz CT molecular complexity index is 579. The summed E-state index contributed by atoms with van der Waals surface area (Å²) in [5.41, 5.74) is 7.68. The number of nitrogens with one attached hydrogen (secondary N) is 1. The first-order chi connectivity index (χ1) is 10.6. The van der Waals surface area contributed by atoms with Gasteiger partial charge in [0, 0.05) is 30.5 Å². The molecular formula is C17H24N3O2+. The first-order valence-corrected chi connectivity index (χ1v) is 8.09. The second kappa shape index (κ2) is 6.08. The number of para-hydroxylation sites is 1. The number of carbonyl (C=O) groups excluding carboxylic acids is 2. The monoisotopic (exact) mass is 302 g/mol. The topological polar surface area (TPSA) is 67.8 Å². The van der Waals surface area contributed by atoms with E-state index in [0.29, 0.717) is 6.54 Å². The average molecular weight is 302 g/mol. The zero-order chi connectivity index (χ0) is 15.7. The van der Waals surface area contributed by atoms with Crippen LogP contribution < -0.4 is 15.5 Å². The van der Waals surface area contributed by atoms with Gasteiger partial charge in [0.1, 0.15) is 0 Å². The van der Waals surface area contributed by atoms with Gasteiger partial charge in [-0.2, -0.15) is 0 Å². The summed E-state index contributed by atoms with van der Waals surface area (Å²) in [6.45, 7) is 4.31. The fourth-order valence-corrected chi connectivity index (χ4v) is 3.73. The summed E-state index contributed by atoms with van der Waals surface area (Å²) in [7, 11) is 0. The highest BCUT2D eigenvalue weighted by Crippen LogP contribution is 2.31. The van der Waals surface area contributed by atoms with Crippen LogP contribution in [0.15, 0.2) is 24.3 Å². The van der Waals surface area contributed by atoms with Gasteiger partial charge in [-0.25, -0.2) is 0 Å². The normalized spacial score (nSPS) is 27.5. The molecule has 0 spiro atoms. The van der Waals surface area contributed by atoms with Crippen LogP contribution in [-0.4, -0.2) is 37.5 Å². The number of hydrogen-bond acceptors (Lipinski definition) is 2. The zero-order valence-corrected chi connectivity index (χ0v) is 13.0. The minimum atomic E-state index is -0.201. The molecule has 1 atom stereocenters. The molecule has 2 heterocycles. The predicted molar refractivity (Wildman–Crippen MR) is 84.6 cm³/mol. The maximum Gasteiger partial charge on any atom is 0.282 e. The highest BCUT2D eigenvalue weighted by molar-refractivity contribution is 5.96. The largest absolute Gasteiger partial charge is 0.369 e. The third-order valence-electron chi connectivity index (χ3n) is 4.97. The van der Waals surface area contributed by atoms with Crippen LogP contribution in [0.5, 0.6) is 0 Å². The van der Waals surface area contributed by atoms with E-state index in [1.807, 2.05) is 23.1 Å². The van der Waals surface area contributed by atoms with Crippen molar-refractivity contribution in [3.8, 4) is 0 Å². The van der Waals surface area contributed by atoms with E-state index in [9.17, 15) is 9.59 Å². The van der Waals surface area contributed by atoms with Crippen molar-refractivity contribution in [2.45, 2.75) is 32.2 Å². The minimum Gasteiger partial charge on any atom is -0.369 e. The molecule has 0 aromatic heterocycles. The fraction of sp³-hybridized carbons (Fsp3) is 0.529. The number of quaternary nitrogens is 1. The highest BCUT2D eigenvalue weighted by Gasteiger charge is 2.34. The van der Waals surface area contributed by atoms with E-state index < -0.39 is 0 Å². The number of rotatable bonds is 3. The van der Waals surface area contributed by atoms with Crippen LogP contribution in [0.2, 0.25) is 0 Å². The number of anilines is 1. The predicted octanol–water partition coefficient (Wildman–Crippen LogP) is -0.256. The fourth-order valence-electron chi connectivity index (χ4n) is 3.73. The number of fused-ring (bicyclic) bond motifs is 1. The van der Waals surface area contributed by atoms with Gasteiger partial charge in [0.25, 0.3) is 5.91 Å². The molecule has 118 valence electrons. The third kappa shape index (κ3) is 2.86. The number of hydrogen-bond donors (Lipinski definition) is 2. The SMILES string of the molecule is C[C@H]1Cc2ccccc2N1C(=O)C[NH+]1CCC(C(N)=O)CC1. The van der Waals surface area contributed by atoms with Gasteiger partial charge in [-0.15, -0.1) is 0 Å². The van der Waals surface area contributed by atoms with Crippen molar-refractivity contribution in [2.24, 2.45) is 11.7 Å². The number of nitrogens with two attached hydrogens (primary N) is 1. The van der Waals surface area contributed by atoms with Gasteiger partial charge >= 0.3 is 0 Å². The van der Waals surface area contributed by atoms with Crippen LogP contribution in [0.25, 0.3) is 0 Å². The average Bonchev–Trinajstić information content (AvgIpc) is 2.83. The van der Waals surface area contributed by atoms with Crippen LogP contribution >= 0.6 is 0 Å². The lowest BCUT2D eigenvalue weighted by Gasteiger charge is -2.30. The van der Waals surface area contributed by atoms with Crippen LogP contribution in [-0.2, 0) is 16.0 Å². The third-order valence-corrected chi connectivity index (χ3v) is 4.97. The summed E-state index contributed by atoms with van der Waals surface area (Å²) in [6.07, 6.45) is 2.52. The van der Waals surface area contributed by atoms with E-state index in [-0.39, 0.29) is 23.8 Å². The van der Waals surface area contributed by atoms with Crippen LogP contribution in [0.4, 0.5) is 5.69 Å². The van der Waals surface area contributed by atoms with Gasteiger partial charge < -0.3 is 15.5 Å². The molecule has 2 amide bonds. The number of likely N-dealkylation sites (tertiary alicyclic amines) is 1. The summed E-state index contributed by atoms with van der Waals surface area (Å²) < 4.78 is 0. The maximum absolute atomic E-state index is 12.7. The van der Waals surface area contributed by atoms with Crippen molar-refractivity contribution >= 4 is 17.5 Å². The van der Waals surface area contributed by atoms with Crippen LogP contribution in [0.1, 0.15) is 25.3 Å². The van der Waals surface area contributed by atoms with Crippen molar-refractivity contribution in [2.75, 3.05) is 24.5 Å². The Hall–Kier alpha value is -1.88. The Morgan fingerprint density at radius 3 is 2.64 bits per heavy atom. The molecule has 0 unspecified atom stereocenters. The van der Waals surface area contributed by atoms with E-state index in [0.717, 1.165) is 38.0 Å². The van der Waals surface area contributed by atoms with Crippen LogP contribution in [0, 0.1) is 5.92 Å². The zero-order valence-electron chi connectivity index (χ0n) is 13.0.